The molecule has 65 valence electrons. The zero-order chi connectivity index (χ0) is 7.94. The molecule has 1 saturated heterocycles. The topological polar surface area (TPSA) is 35.4 Å². The molecule has 3 nitrogen and oxygen atoms in total. The van der Waals surface area contributed by atoms with Crippen molar-refractivity contribution in [3.05, 3.63) is 0 Å². The van der Waals surface area contributed by atoms with Gasteiger partial charge in [-0.05, 0) is 12.8 Å². The smallest absolute Gasteiger partial charge is 0.0462 e. The first-order valence-electron chi connectivity index (χ1n) is 4.29. The molecule has 0 aromatic rings. The molecule has 1 fully saturated rings. The minimum absolute atomic E-state index is 0.541. The Bertz CT molecular complexity index is 92.1. The summed E-state index contributed by atoms with van der Waals surface area (Å²) in [6.45, 7) is 3.97. The monoisotopic (exact) mass is 157 g/mol. The van der Waals surface area contributed by atoms with Gasteiger partial charge in [0.25, 0.3) is 0 Å². The summed E-state index contributed by atoms with van der Waals surface area (Å²) in [7, 11) is 1.75. The number of hydrogen-bond donors (Lipinski definition) is 1. The van der Waals surface area contributed by atoms with Gasteiger partial charge in [-0.3, -0.25) is 0 Å². The highest BCUT2D eigenvalue weighted by Gasteiger charge is 2.11. The summed E-state index contributed by atoms with van der Waals surface area (Å²) in [6.07, 6.45) is 2.30. The third-order valence-electron chi connectivity index (χ3n) is 1.94. The summed E-state index contributed by atoms with van der Waals surface area (Å²) < 4.78 is 4.97. The summed E-state index contributed by atoms with van der Waals surface area (Å²) in [5.74, 6) is 0. The Balaban J connectivity index is 1.96. The number of nitrogens with one attached hydrogen (secondary N) is 1. The first-order chi connectivity index (χ1) is 5.43. The van der Waals surface area contributed by atoms with Crippen LogP contribution in [0.2, 0.25) is 0 Å². The van der Waals surface area contributed by atoms with Gasteiger partial charge in [-0.2, -0.15) is 0 Å². The van der Waals surface area contributed by atoms with Crippen LogP contribution in [0.4, 0.5) is 0 Å². The van der Waals surface area contributed by atoms with Gasteiger partial charge in [0.1, 0.15) is 0 Å². The quantitative estimate of drug-likeness (QED) is 0.582. The van der Waals surface area contributed by atoms with Crippen molar-refractivity contribution in [2.75, 3.05) is 33.4 Å². The molecular formula is C8H17N2O. The lowest BCUT2D eigenvalue weighted by Crippen LogP contribution is -2.44. The van der Waals surface area contributed by atoms with Crippen molar-refractivity contribution in [2.24, 2.45) is 0 Å². The van der Waals surface area contributed by atoms with Crippen LogP contribution in [0.1, 0.15) is 12.8 Å². The lowest BCUT2D eigenvalue weighted by atomic mass is 10.1. The van der Waals surface area contributed by atoms with Crippen molar-refractivity contribution in [1.82, 2.24) is 10.6 Å². The zero-order valence-corrected chi connectivity index (χ0v) is 7.18. The fourth-order valence-corrected chi connectivity index (χ4v) is 1.32. The van der Waals surface area contributed by atoms with E-state index in [2.05, 4.69) is 10.6 Å². The highest BCUT2D eigenvalue weighted by molar-refractivity contribution is 4.74. The number of ether oxygens (including phenoxy) is 1. The minimum atomic E-state index is 0.541. The van der Waals surface area contributed by atoms with Crippen molar-refractivity contribution < 1.29 is 4.74 Å². The Morgan fingerprint density at radius 2 is 2.55 bits per heavy atom. The molecule has 3 heteroatoms. The molecular weight excluding hydrogens is 140 g/mol. The van der Waals surface area contributed by atoms with Crippen molar-refractivity contribution in [3.63, 3.8) is 0 Å². The maximum absolute atomic E-state index is 4.97. The molecule has 1 aliphatic heterocycles. The number of hydrogen-bond acceptors (Lipinski definition) is 2. The van der Waals surface area contributed by atoms with E-state index in [0.29, 0.717) is 6.04 Å². The first-order valence-corrected chi connectivity index (χ1v) is 4.29. The van der Waals surface area contributed by atoms with Gasteiger partial charge in [0, 0.05) is 39.4 Å². The Labute approximate surface area is 68.5 Å². The minimum Gasteiger partial charge on any atom is -0.385 e. The third kappa shape index (κ3) is 3.70. The second-order valence-corrected chi connectivity index (χ2v) is 2.90. The van der Waals surface area contributed by atoms with Crippen molar-refractivity contribution in [1.29, 1.82) is 0 Å². The normalized spacial score (nSPS) is 25.4. The van der Waals surface area contributed by atoms with Gasteiger partial charge < -0.3 is 10.1 Å². The maximum atomic E-state index is 4.97. The fraction of sp³-hybridized carbons (Fsp3) is 1.00. The fourth-order valence-electron chi connectivity index (χ4n) is 1.32. The van der Waals surface area contributed by atoms with Gasteiger partial charge >= 0.3 is 0 Å². The molecule has 1 unspecified atom stereocenters. The van der Waals surface area contributed by atoms with Crippen molar-refractivity contribution in [2.45, 2.75) is 18.9 Å². The van der Waals surface area contributed by atoms with Crippen LogP contribution in [0.3, 0.4) is 0 Å². The van der Waals surface area contributed by atoms with Gasteiger partial charge in [0.05, 0.1) is 0 Å². The second kappa shape index (κ2) is 5.52. The maximum Gasteiger partial charge on any atom is 0.0462 e. The van der Waals surface area contributed by atoms with Crippen LogP contribution in [0.15, 0.2) is 0 Å². The SMILES string of the molecule is COCCCC1CNCC[N]1. The third-order valence-corrected chi connectivity index (χ3v) is 1.94. The van der Waals surface area contributed by atoms with Crippen LogP contribution >= 0.6 is 0 Å². The molecule has 0 aliphatic carbocycles. The predicted octanol–water partition coefficient (Wildman–Crippen LogP) is -0.0108. The summed E-state index contributed by atoms with van der Waals surface area (Å²) in [4.78, 5) is 0. The average molecular weight is 157 g/mol. The van der Waals surface area contributed by atoms with Crippen molar-refractivity contribution in [3.8, 4) is 0 Å². The molecule has 0 amide bonds. The van der Waals surface area contributed by atoms with E-state index in [9.17, 15) is 0 Å². The Morgan fingerprint density at radius 1 is 1.64 bits per heavy atom. The first kappa shape index (κ1) is 8.97. The van der Waals surface area contributed by atoms with Crippen LogP contribution in [0, 0.1) is 0 Å². The van der Waals surface area contributed by atoms with Crippen LogP contribution < -0.4 is 10.6 Å². The predicted molar refractivity (Wildman–Crippen MR) is 44.8 cm³/mol. The molecule has 1 aliphatic rings. The van der Waals surface area contributed by atoms with E-state index in [-0.39, 0.29) is 0 Å². The van der Waals surface area contributed by atoms with Crippen molar-refractivity contribution >= 4 is 0 Å². The Kier molecular flexibility index (Phi) is 4.50. The molecule has 0 spiro atoms. The van der Waals surface area contributed by atoms with E-state index >= 15 is 0 Å². The standard InChI is InChI=1S/C8H17N2O/c1-11-6-2-3-8-7-9-4-5-10-8/h8-9H,2-7H2,1H3. The van der Waals surface area contributed by atoms with E-state index in [0.717, 1.165) is 32.7 Å². The summed E-state index contributed by atoms with van der Waals surface area (Å²) in [6, 6.07) is 0.541. The number of methoxy groups -OCH3 is 1. The summed E-state index contributed by atoms with van der Waals surface area (Å²) >= 11 is 0. The Hall–Kier alpha value is -0.120. The van der Waals surface area contributed by atoms with E-state index in [4.69, 9.17) is 4.74 Å². The summed E-state index contributed by atoms with van der Waals surface area (Å²) in [5.41, 5.74) is 0. The van der Waals surface area contributed by atoms with E-state index in [1.807, 2.05) is 0 Å². The highest BCUT2D eigenvalue weighted by Crippen LogP contribution is 1.99. The summed E-state index contributed by atoms with van der Waals surface area (Å²) in [5, 5.41) is 7.81. The molecule has 1 N–H and O–H groups in total. The number of nitrogens with zero attached hydrogens (tertiary/aromatic N) is 1. The molecule has 0 saturated carbocycles. The zero-order valence-electron chi connectivity index (χ0n) is 7.18. The number of piperazine rings is 1. The van der Waals surface area contributed by atoms with Gasteiger partial charge in [0.2, 0.25) is 0 Å². The number of rotatable bonds is 4. The lowest BCUT2D eigenvalue weighted by Gasteiger charge is -2.22. The van der Waals surface area contributed by atoms with Crippen LogP contribution in [0.5, 0.6) is 0 Å². The van der Waals surface area contributed by atoms with Gasteiger partial charge in [-0.15, -0.1) is 0 Å². The van der Waals surface area contributed by atoms with Crippen LogP contribution in [0.25, 0.3) is 0 Å². The molecule has 1 rings (SSSR count). The molecule has 0 aromatic heterocycles. The largest absolute Gasteiger partial charge is 0.385 e. The van der Waals surface area contributed by atoms with E-state index in [1.54, 1.807) is 7.11 Å². The van der Waals surface area contributed by atoms with Gasteiger partial charge in [-0.25, -0.2) is 5.32 Å². The molecule has 0 bridgehead atoms. The average Bonchev–Trinajstić information content (AvgIpc) is 2.07. The molecule has 0 aromatic carbocycles. The van der Waals surface area contributed by atoms with Gasteiger partial charge in [-0.1, -0.05) is 0 Å². The molecule has 1 atom stereocenters. The van der Waals surface area contributed by atoms with Crippen LogP contribution in [-0.4, -0.2) is 39.4 Å². The highest BCUT2D eigenvalue weighted by atomic mass is 16.5. The van der Waals surface area contributed by atoms with E-state index < -0.39 is 0 Å². The Morgan fingerprint density at radius 3 is 3.18 bits per heavy atom. The van der Waals surface area contributed by atoms with Gasteiger partial charge in [0.15, 0.2) is 0 Å². The van der Waals surface area contributed by atoms with Crippen LogP contribution in [-0.2, 0) is 4.74 Å². The van der Waals surface area contributed by atoms with E-state index in [1.165, 1.54) is 6.42 Å². The lowest BCUT2D eigenvalue weighted by molar-refractivity contribution is 0.187. The molecule has 1 radical (unpaired) electrons. The second-order valence-electron chi connectivity index (χ2n) is 2.90. The molecule has 1 heterocycles. The molecule has 11 heavy (non-hydrogen) atoms.